The average molecular weight is 436 g/mol. The van der Waals surface area contributed by atoms with Crippen LogP contribution in [-0.2, 0) is 15.9 Å². The van der Waals surface area contributed by atoms with Gasteiger partial charge in [0, 0.05) is 12.0 Å². The highest BCUT2D eigenvalue weighted by Crippen LogP contribution is 2.39. The van der Waals surface area contributed by atoms with Gasteiger partial charge in [0.2, 0.25) is 11.6 Å². The topological polar surface area (TPSA) is 44.8 Å². The van der Waals surface area contributed by atoms with E-state index in [1.54, 1.807) is 0 Å². The smallest absolute Gasteiger partial charge is 0.341 e. The number of hydrogen-bond donors (Lipinski definition) is 0. The van der Waals surface area contributed by atoms with E-state index in [9.17, 15) is 18.0 Å². The molecule has 2 aliphatic rings. The van der Waals surface area contributed by atoms with Crippen LogP contribution < -0.4 is 4.74 Å². The van der Waals surface area contributed by atoms with E-state index in [2.05, 4.69) is 20.1 Å². The van der Waals surface area contributed by atoms with Crippen LogP contribution in [0.4, 0.5) is 13.2 Å². The average Bonchev–Trinajstić information content (AvgIpc) is 2.76. The van der Waals surface area contributed by atoms with Crippen molar-refractivity contribution in [3.8, 4) is 5.75 Å². The summed E-state index contributed by atoms with van der Waals surface area (Å²) in [6.45, 7) is 9.24. The first-order valence-corrected chi connectivity index (χ1v) is 10.5. The monoisotopic (exact) mass is 436 g/mol. The number of hydrogen-bond acceptors (Lipinski definition) is 4. The van der Waals surface area contributed by atoms with Crippen LogP contribution >= 0.6 is 0 Å². The molecule has 1 fully saturated rings. The molecule has 0 N–H and O–H groups in total. The third-order valence-corrected chi connectivity index (χ3v) is 5.84. The number of esters is 1. The SMILES string of the molecule is C=C(OC)/C(F)=C1/Oc2c(cc(C(=O)OC3CCC(CCC)CC3)c(F)c2F)CC1=C. The molecule has 168 valence electrons. The second-order valence-corrected chi connectivity index (χ2v) is 8.03. The van der Waals surface area contributed by atoms with Crippen LogP contribution in [0.5, 0.6) is 5.75 Å². The molecule has 1 heterocycles. The Bertz CT molecular complexity index is 927. The molecule has 0 unspecified atom stereocenters. The molecule has 0 radical (unpaired) electrons. The number of ether oxygens (including phenoxy) is 3. The van der Waals surface area contributed by atoms with E-state index in [-0.39, 0.29) is 35.2 Å². The predicted molar refractivity (Wildman–Crippen MR) is 110 cm³/mol. The molecule has 0 saturated heterocycles. The Morgan fingerprint density at radius 2 is 1.90 bits per heavy atom. The molecular formula is C24H27F3O4. The first kappa shape index (κ1) is 23.0. The van der Waals surface area contributed by atoms with Crippen LogP contribution in [0.3, 0.4) is 0 Å². The van der Waals surface area contributed by atoms with Gasteiger partial charge in [-0.2, -0.15) is 8.78 Å². The van der Waals surface area contributed by atoms with Crippen molar-refractivity contribution in [3.63, 3.8) is 0 Å². The first-order valence-electron chi connectivity index (χ1n) is 10.5. The molecule has 1 aromatic carbocycles. The minimum absolute atomic E-state index is 0.0330. The Hall–Kier alpha value is -2.70. The van der Waals surface area contributed by atoms with E-state index in [1.165, 1.54) is 13.2 Å². The van der Waals surface area contributed by atoms with Gasteiger partial charge in [-0.15, -0.1) is 0 Å². The summed E-state index contributed by atoms with van der Waals surface area (Å²) in [6.07, 6.45) is 5.24. The molecule has 7 heteroatoms. The lowest BCUT2D eigenvalue weighted by molar-refractivity contribution is 0.0155. The molecule has 3 rings (SSSR count). The lowest BCUT2D eigenvalue weighted by Crippen LogP contribution is -2.25. The Kier molecular flexibility index (Phi) is 7.13. The Balaban J connectivity index is 1.81. The quantitative estimate of drug-likeness (QED) is 0.387. The number of carbonyl (C=O) groups excluding carboxylic acids is 1. The van der Waals surface area contributed by atoms with Gasteiger partial charge in [-0.25, -0.2) is 9.18 Å². The Labute approximate surface area is 180 Å². The third-order valence-electron chi connectivity index (χ3n) is 5.84. The first-order chi connectivity index (χ1) is 14.8. The van der Waals surface area contributed by atoms with Gasteiger partial charge >= 0.3 is 5.97 Å². The summed E-state index contributed by atoms with van der Waals surface area (Å²) >= 11 is 0. The Morgan fingerprint density at radius 1 is 1.23 bits per heavy atom. The van der Waals surface area contributed by atoms with Crippen LogP contribution in [0.15, 0.2) is 42.1 Å². The molecule has 0 spiro atoms. The number of allylic oxidation sites excluding steroid dienone is 2. The number of carbonyl (C=O) groups is 1. The largest absolute Gasteiger partial charge is 0.494 e. The maximum Gasteiger partial charge on any atom is 0.341 e. The van der Waals surface area contributed by atoms with Gasteiger partial charge in [-0.05, 0) is 43.2 Å². The summed E-state index contributed by atoms with van der Waals surface area (Å²) in [6, 6.07) is 1.18. The molecule has 1 aliphatic heterocycles. The fourth-order valence-corrected chi connectivity index (χ4v) is 4.11. The second kappa shape index (κ2) is 9.62. The lowest BCUT2D eigenvalue weighted by atomic mass is 9.85. The maximum absolute atomic E-state index is 14.7. The summed E-state index contributed by atoms with van der Waals surface area (Å²) < 4.78 is 59.2. The van der Waals surface area contributed by atoms with Crippen LogP contribution in [0.2, 0.25) is 0 Å². The molecular weight excluding hydrogens is 409 g/mol. The highest BCUT2D eigenvalue weighted by molar-refractivity contribution is 5.90. The van der Waals surface area contributed by atoms with Crippen molar-refractivity contribution in [3.05, 3.63) is 64.9 Å². The molecule has 1 aromatic rings. The molecule has 0 aromatic heterocycles. The normalized spacial score (nSPS) is 22.3. The summed E-state index contributed by atoms with van der Waals surface area (Å²) in [5.41, 5.74) is -0.137. The molecule has 1 aliphatic carbocycles. The zero-order valence-electron chi connectivity index (χ0n) is 17.9. The zero-order valence-corrected chi connectivity index (χ0v) is 17.9. The van der Waals surface area contributed by atoms with Crippen molar-refractivity contribution in [2.45, 2.75) is 58.0 Å². The molecule has 0 atom stereocenters. The van der Waals surface area contributed by atoms with E-state index >= 15 is 0 Å². The number of halogens is 3. The summed E-state index contributed by atoms with van der Waals surface area (Å²) in [5, 5.41) is 0. The van der Waals surface area contributed by atoms with Gasteiger partial charge in [0.05, 0.1) is 12.7 Å². The van der Waals surface area contributed by atoms with Gasteiger partial charge < -0.3 is 14.2 Å². The number of rotatable bonds is 6. The van der Waals surface area contributed by atoms with Crippen molar-refractivity contribution in [2.75, 3.05) is 7.11 Å². The third kappa shape index (κ3) is 4.81. The van der Waals surface area contributed by atoms with Crippen molar-refractivity contribution in [2.24, 2.45) is 5.92 Å². The van der Waals surface area contributed by atoms with Crippen LogP contribution in [0.25, 0.3) is 0 Å². The maximum atomic E-state index is 14.7. The molecule has 4 nitrogen and oxygen atoms in total. The number of fused-ring (bicyclic) bond motifs is 1. The summed E-state index contributed by atoms with van der Waals surface area (Å²) in [5.74, 6) is -5.21. The van der Waals surface area contributed by atoms with Crippen molar-refractivity contribution >= 4 is 5.97 Å². The van der Waals surface area contributed by atoms with Crippen molar-refractivity contribution in [1.82, 2.24) is 0 Å². The molecule has 1 saturated carbocycles. The Morgan fingerprint density at radius 3 is 2.52 bits per heavy atom. The minimum Gasteiger partial charge on any atom is -0.494 e. The predicted octanol–water partition coefficient (Wildman–Crippen LogP) is 6.31. The van der Waals surface area contributed by atoms with Crippen molar-refractivity contribution in [1.29, 1.82) is 0 Å². The molecule has 0 amide bonds. The highest BCUT2D eigenvalue weighted by Gasteiger charge is 2.32. The summed E-state index contributed by atoms with van der Waals surface area (Å²) in [4.78, 5) is 12.6. The van der Waals surface area contributed by atoms with E-state index in [0.717, 1.165) is 25.7 Å². The van der Waals surface area contributed by atoms with Gasteiger partial charge in [-0.3, -0.25) is 0 Å². The van der Waals surface area contributed by atoms with Crippen molar-refractivity contribution < 1.29 is 32.2 Å². The van der Waals surface area contributed by atoms with E-state index in [0.29, 0.717) is 18.8 Å². The minimum atomic E-state index is -1.39. The van der Waals surface area contributed by atoms with E-state index < -0.39 is 34.7 Å². The van der Waals surface area contributed by atoms with Crippen LogP contribution in [0, 0.1) is 17.6 Å². The molecule has 0 bridgehead atoms. The fourth-order valence-electron chi connectivity index (χ4n) is 4.11. The van der Waals surface area contributed by atoms with Gasteiger partial charge in [0.15, 0.2) is 23.1 Å². The second-order valence-electron chi connectivity index (χ2n) is 8.03. The van der Waals surface area contributed by atoms with Crippen LogP contribution in [-0.4, -0.2) is 19.2 Å². The lowest BCUT2D eigenvalue weighted by Gasteiger charge is -2.28. The standard InChI is InChI=1S/C24H27F3O4/c1-5-6-15-7-9-17(10-8-15)30-24(28)18-12-16-11-13(2)22(19(25)14(3)29-4)31-23(16)21(27)20(18)26/h12,15,17H,2-3,5-11H2,1,4H3/b22-19-. The van der Waals surface area contributed by atoms with Gasteiger partial charge in [0.1, 0.15) is 6.10 Å². The van der Waals surface area contributed by atoms with Gasteiger partial charge in [-0.1, -0.05) is 32.9 Å². The van der Waals surface area contributed by atoms with Crippen LogP contribution in [0.1, 0.15) is 61.4 Å². The van der Waals surface area contributed by atoms with E-state index in [4.69, 9.17) is 14.2 Å². The fraction of sp³-hybridized carbons (Fsp3) is 0.458. The summed E-state index contributed by atoms with van der Waals surface area (Å²) in [7, 11) is 1.22. The number of methoxy groups -OCH3 is 1. The highest BCUT2D eigenvalue weighted by atomic mass is 19.2. The van der Waals surface area contributed by atoms with Gasteiger partial charge in [0.25, 0.3) is 0 Å². The number of benzene rings is 1. The molecule has 31 heavy (non-hydrogen) atoms. The van der Waals surface area contributed by atoms with E-state index in [1.807, 2.05) is 0 Å². The zero-order chi connectivity index (χ0) is 22.7.